The summed E-state index contributed by atoms with van der Waals surface area (Å²) >= 11 is 5.98. The average Bonchev–Trinajstić information content (AvgIpc) is 3.25. The van der Waals surface area contributed by atoms with Gasteiger partial charge in [0, 0.05) is 24.2 Å². The van der Waals surface area contributed by atoms with E-state index in [9.17, 15) is 14.0 Å². The lowest BCUT2D eigenvalue weighted by Gasteiger charge is -2.04. The molecule has 0 aliphatic rings. The highest BCUT2D eigenvalue weighted by molar-refractivity contribution is 6.31. The Balaban J connectivity index is 1.53. The molecule has 0 saturated carbocycles. The third kappa shape index (κ3) is 4.88. The highest BCUT2D eigenvalue weighted by atomic mass is 35.5. The van der Waals surface area contributed by atoms with Crippen molar-refractivity contribution < 1.29 is 19.1 Å². The Labute approximate surface area is 157 Å². The van der Waals surface area contributed by atoms with Gasteiger partial charge >= 0.3 is 5.97 Å². The first-order chi connectivity index (χ1) is 12.9. The lowest BCUT2D eigenvalue weighted by molar-refractivity contribution is -0.116. The van der Waals surface area contributed by atoms with E-state index in [1.165, 1.54) is 40.1 Å². The van der Waals surface area contributed by atoms with Gasteiger partial charge in [0.1, 0.15) is 12.1 Å². The van der Waals surface area contributed by atoms with Crippen LogP contribution in [0.25, 0.3) is 0 Å². The van der Waals surface area contributed by atoms with E-state index in [0.717, 1.165) is 0 Å². The quantitative estimate of drug-likeness (QED) is 0.635. The number of aromatic carboxylic acids is 1. The summed E-state index contributed by atoms with van der Waals surface area (Å²) in [6.07, 6.45) is 2.97. The van der Waals surface area contributed by atoms with E-state index in [0.29, 0.717) is 5.56 Å². The van der Waals surface area contributed by atoms with Crippen LogP contribution in [0, 0.1) is 5.82 Å². The number of carboxylic acids is 1. The minimum atomic E-state index is -1.13. The number of hydrogen-bond donors (Lipinski definition) is 2. The van der Waals surface area contributed by atoms with Gasteiger partial charge in [-0.2, -0.15) is 5.10 Å². The maximum Gasteiger partial charge on any atom is 0.356 e. The molecule has 2 N–H and O–H groups in total. The molecule has 2 aromatic heterocycles. The van der Waals surface area contributed by atoms with E-state index in [1.807, 2.05) is 0 Å². The molecule has 0 fully saturated rings. The van der Waals surface area contributed by atoms with Crippen molar-refractivity contribution in [3.05, 3.63) is 58.9 Å². The molecular formula is C16H14ClFN6O3. The monoisotopic (exact) mass is 392 g/mol. The number of aryl methyl sites for hydroxylation is 1. The molecule has 3 rings (SSSR count). The zero-order valence-electron chi connectivity index (χ0n) is 13.8. The Kier molecular flexibility index (Phi) is 5.46. The second-order valence-corrected chi connectivity index (χ2v) is 5.98. The highest BCUT2D eigenvalue weighted by Gasteiger charge is 2.10. The number of amides is 1. The maximum absolute atomic E-state index is 13.1. The number of rotatable bonds is 7. The first-order valence-electron chi connectivity index (χ1n) is 7.80. The van der Waals surface area contributed by atoms with Crippen LogP contribution in [-0.2, 0) is 17.9 Å². The Morgan fingerprint density at radius 3 is 2.74 bits per heavy atom. The minimum absolute atomic E-state index is 0.0685. The summed E-state index contributed by atoms with van der Waals surface area (Å²) in [6.45, 7) is 0.484. The summed E-state index contributed by atoms with van der Waals surface area (Å²) in [5.74, 6) is -1.79. The van der Waals surface area contributed by atoms with E-state index >= 15 is 0 Å². The predicted molar refractivity (Wildman–Crippen MR) is 93.0 cm³/mol. The number of benzene rings is 1. The third-order valence-corrected chi connectivity index (χ3v) is 3.91. The minimum Gasteiger partial charge on any atom is -0.476 e. The van der Waals surface area contributed by atoms with Crippen LogP contribution in [0.2, 0.25) is 5.02 Å². The largest absolute Gasteiger partial charge is 0.476 e. The summed E-state index contributed by atoms with van der Waals surface area (Å²) in [5, 5.41) is 19.6. The van der Waals surface area contributed by atoms with Crippen LogP contribution in [0.3, 0.4) is 0 Å². The van der Waals surface area contributed by atoms with Crippen molar-refractivity contribution in [2.45, 2.75) is 19.5 Å². The summed E-state index contributed by atoms with van der Waals surface area (Å²) in [4.78, 5) is 26.7. The molecule has 140 valence electrons. The van der Waals surface area contributed by atoms with Gasteiger partial charge in [0.15, 0.2) is 5.69 Å². The van der Waals surface area contributed by atoms with Crippen molar-refractivity contribution >= 4 is 29.4 Å². The van der Waals surface area contributed by atoms with Crippen molar-refractivity contribution in [3.63, 3.8) is 0 Å². The number of nitrogens with one attached hydrogen (secondary N) is 1. The van der Waals surface area contributed by atoms with Crippen molar-refractivity contribution in [2.24, 2.45) is 0 Å². The first kappa shape index (κ1) is 18.5. The molecule has 27 heavy (non-hydrogen) atoms. The molecule has 2 heterocycles. The zero-order valence-corrected chi connectivity index (χ0v) is 14.6. The predicted octanol–water partition coefficient (Wildman–Crippen LogP) is 2.04. The van der Waals surface area contributed by atoms with Gasteiger partial charge in [-0.05, 0) is 23.8 Å². The molecule has 9 nitrogen and oxygen atoms in total. The number of aromatic nitrogens is 5. The van der Waals surface area contributed by atoms with Crippen LogP contribution >= 0.6 is 11.6 Å². The van der Waals surface area contributed by atoms with Gasteiger partial charge < -0.3 is 5.11 Å². The molecule has 0 aliphatic carbocycles. The number of nitrogens with zero attached hydrogens (tertiary/aromatic N) is 5. The van der Waals surface area contributed by atoms with Crippen molar-refractivity contribution in [2.75, 3.05) is 5.32 Å². The summed E-state index contributed by atoms with van der Waals surface area (Å²) < 4.78 is 15.9. The Bertz CT molecular complexity index is 986. The standard InChI is InChI=1S/C16H14ClFN6O3/c17-12-7-11(18)2-1-10(12)8-24-9-19-16(22-24)20-14(25)4-6-23-5-3-13(21-23)15(26)27/h1-3,5,7,9H,4,6,8H2,(H,26,27)(H,20,22,25). The zero-order chi connectivity index (χ0) is 19.4. The maximum atomic E-state index is 13.1. The van der Waals surface area contributed by atoms with Crippen LogP contribution < -0.4 is 5.32 Å². The number of halogens is 2. The van der Waals surface area contributed by atoms with Gasteiger partial charge in [-0.25, -0.2) is 18.9 Å². The first-order valence-corrected chi connectivity index (χ1v) is 8.18. The Morgan fingerprint density at radius 1 is 1.22 bits per heavy atom. The highest BCUT2D eigenvalue weighted by Crippen LogP contribution is 2.18. The molecule has 0 bridgehead atoms. The molecule has 0 aliphatic heterocycles. The molecule has 0 saturated heterocycles. The van der Waals surface area contributed by atoms with Crippen LogP contribution in [0.5, 0.6) is 0 Å². The second-order valence-electron chi connectivity index (χ2n) is 5.57. The summed E-state index contributed by atoms with van der Waals surface area (Å²) in [5.41, 5.74) is 0.573. The number of carbonyl (C=O) groups excluding carboxylic acids is 1. The van der Waals surface area contributed by atoms with Gasteiger partial charge in [-0.15, -0.1) is 5.10 Å². The molecule has 0 atom stereocenters. The fourth-order valence-corrected chi connectivity index (χ4v) is 2.48. The normalized spacial score (nSPS) is 10.7. The molecule has 0 unspecified atom stereocenters. The molecule has 0 radical (unpaired) electrons. The molecule has 1 amide bonds. The molecular weight excluding hydrogens is 379 g/mol. The van der Waals surface area contributed by atoms with Gasteiger partial charge in [0.2, 0.25) is 11.9 Å². The smallest absolute Gasteiger partial charge is 0.356 e. The van der Waals surface area contributed by atoms with E-state index in [2.05, 4.69) is 20.5 Å². The van der Waals surface area contributed by atoms with E-state index in [1.54, 1.807) is 6.07 Å². The van der Waals surface area contributed by atoms with E-state index < -0.39 is 11.8 Å². The number of carboxylic acid groups (broad SMARTS) is 1. The van der Waals surface area contributed by atoms with Crippen LogP contribution in [0.1, 0.15) is 22.5 Å². The van der Waals surface area contributed by atoms with E-state index in [-0.39, 0.29) is 42.1 Å². The fourth-order valence-electron chi connectivity index (χ4n) is 2.26. The average molecular weight is 393 g/mol. The lowest BCUT2D eigenvalue weighted by atomic mass is 10.2. The number of anilines is 1. The SMILES string of the molecule is O=C(CCn1ccc(C(=O)O)n1)Nc1ncn(Cc2ccc(F)cc2Cl)n1. The van der Waals surface area contributed by atoms with Crippen molar-refractivity contribution in [1.82, 2.24) is 24.5 Å². The Hall–Kier alpha value is -3.27. The number of carbonyl (C=O) groups is 2. The topological polar surface area (TPSA) is 115 Å². The summed E-state index contributed by atoms with van der Waals surface area (Å²) in [6, 6.07) is 5.41. The van der Waals surface area contributed by atoms with Crippen LogP contribution in [0.4, 0.5) is 10.3 Å². The van der Waals surface area contributed by atoms with Gasteiger partial charge in [0.25, 0.3) is 0 Å². The molecule has 1 aromatic carbocycles. The molecule has 11 heteroatoms. The second kappa shape index (κ2) is 7.96. The van der Waals surface area contributed by atoms with E-state index in [4.69, 9.17) is 16.7 Å². The lowest BCUT2D eigenvalue weighted by Crippen LogP contribution is -2.16. The fraction of sp³-hybridized carbons (Fsp3) is 0.188. The third-order valence-electron chi connectivity index (χ3n) is 3.56. The summed E-state index contributed by atoms with van der Waals surface area (Å²) in [7, 11) is 0. The number of hydrogen-bond acceptors (Lipinski definition) is 5. The van der Waals surface area contributed by atoms with Gasteiger partial charge in [-0.3, -0.25) is 14.8 Å². The molecule has 0 spiro atoms. The van der Waals surface area contributed by atoms with Crippen molar-refractivity contribution in [1.29, 1.82) is 0 Å². The van der Waals surface area contributed by atoms with Gasteiger partial charge in [0.05, 0.1) is 6.54 Å². The van der Waals surface area contributed by atoms with Crippen LogP contribution in [-0.4, -0.2) is 41.5 Å². The van der Waals surface area contributed by atoms with Crippen LogP contribution in [0.15, 0.2) is 36.8 Å². The van der Waals surface area contributed by atoms with Crippen molar-refractivity contribution in [3.8, 4) is 0 Å². The van der Waals surface area contributed by atoms with Gasteiger partial charge in [-0.1, -0.05) is 17.7 Å². The Morgan fingerprint density at radius 2 is 2.04 bits per heavy atom. The molecule has 3 aromatic rings.